The smallest absolute Gasteiger partial charge is 0.255 e. The Morgan fingerprint density at radius 1 is 1.06 bits per heavy atom. The average molecular weight is 463 g/mol. The summed E-state index contributed by atoms with van der Waals surface area (Å²) in [5, 5.41) is 2.90. The molecule has 8 heteroatoms. The molecule has 3 aromatic rings. The highest BCUT2D eigenvalue weighted by molar-refractivity contribution is 6.04. The average Bonchev–Trinajstić information content (AvgIpc) is 2.84. The van der Waals surface area contributed by atoms with Crippen LogP contribution in [-0.4, -0.2) is 47.8 Å². The zero-order valence-electron chi connectivity index (χ0n) is 19.7. The molecule has 3 heterocycles. The summed E-state index contributed by atoms with van der Waals surface area (Å²) in [5.41, 5.74) is 2.09. The van der Waals surface area contributed by atoms with Crippen molar-refractivity contribution in [2.24, 2.45) is 0 Å². The fourth-order valence-corrected chi connectivity index (χ4v) is 3.89. The predicted molar refractivity (Wildman–Crippen MR) is 131 cm³/mol. The second-order valence-corrected chi connectivity index (χ2v) is 8.26. The maximum Gasteiger partial charge on any atom is 0.255 e. The van der Waals surface area contributed by atoms with Gasteiger partial charge in [0.2, 0.25) is 0 Å². The van der Waals surface area contributed by atoms with Gasteiger partial charge in [-0.05, 0) is 68.8 Å². The Morgan fingerprint density at radius 2 is 1.82 bits per heavy atom. The summed E-state index contributed by atoms with van der Waals surface area (Å²) in [6, 6.07) is 12.7. The van der Waals surface area contributed by atoms with Crippen LogP contribution in [0.2, 0.25) is 0 Å². The maximum atomic E-state index is 12.9. The molecule has 1 aliphatic heterocycles. The predicted octanol–water partition coefficient (Wildman–Crippen LogP) is 4.32. The summed E-state index contributed by atoms with van der Waals surface area (Å²) in [7, 11) is 0. The first-order chi connectivity index (χ1) is 16.5. The number of rotatable bonds is 8. The molecule has 0 saturated carbocycles. The van der Waals surface area contributed by atoms with Gasteiger partial charge < -0.3 is 24.4 Å². The zero-order valence-corrected chi connectivity index (χ0v) is 19.7. The molecule has 178 valence electrons. The second-order valence-electron chi connectivity index (χ2n) is 8.26. The number of carbonyl (C=O) groups excluding carboxylic acids is 1. The summed E-state index contributed by atoms with van der Waals surface area (Å²) in [5.74, 6) is 1.72. The standard InChI is InChI=1S/C26H30N4O4/c1-4-32-24-13-21(5-7-23(24)33-17-20-9-11-27-12-10-20)26(31)29-22-6-8-25(28-14-22)30-15-18(2)34-19(3)16-30/h5-14,18-19H,4,15-17H2,1-3H3,(H,29,31). The zero-order chi connectivity index (χ0) is 23.9. The van der Waals surface area contributed by atoms with Crippen LogP contribution in [0.25, 0.3) is 0 Å². The largest absolute Gasteiger partial charge is 0.490 e. The van der Waals surface area contributed by atoms with Crippen LogP contribution in [0.3, 0.4) is 0 Å². The highest BCUT2D eigenvalue weighted by atomic mass is 16.5. The first kappa shape index (κ1) is 23.5. The summed E-state index contributed by atoms with van der Waals surface area (Å²) in [6.45, 7) is 8.43. The third kappa shape index (κ3) is 6.02. The molecule has 8 nitrogen and oxygen atoms in total. The van der Waals surface area contributed by atoms with Gasteiger partial charge in [0.05, 0.1) is 30.7 Å². The van der Waals surface area contributed by atoms with Crippen molar-refractivity contribution in [3.8, 4) is 11.5 Å². The molecule has 1 N–H and O–H groups in total. The number of nitrogens with one attached hydrogen (secondary N) is 1. The molecule has 1 fully saturated rings. The van der Waals surface area contributed by atoms with Crippen molar-refractivity contribution >= 4 is 17.4 Å². The van der Waals surface area contributed by atoms with Gasteiger partial charge >= 0.3 is 0 Å². The van der Waals surface area contributed by atoms with Gasteiger partial charge in [0, 0.05) is 31.0 Å². The minimum absolute atomic E-state index is 0.154. The van der Waals surface area contributed by atoms with Crippen molar-refractivity contribution in [3.63, 3.8) is 0 Å². The van der Waals surface area contributed by atoms with E-state index in [4.69, 9.17) is 14.2 Å². The quantitative estimate of drug-likeness (QED) is 0.534. The van der Waals surface area contributed by atoms with E-state index in [1.54, 1.807) is 36.8 Å². The van der Waals surface area contributed by atoms with E-state index in [-0.39, 0.29) is 18.1 Å². The molecule has 4 rings (SSSR count). The summed E-state index contributed by atoms with van der Waals surface area (Å²) in [4.78, 5) is 23.6. The van der Waals surface area contributed by atoms with Gasteiger partial charge in [0.1, 0.15) is 12.4 Å². The Labute approximate surface area is 199 Å². The lowest BCUT2D eigenvalue weighted by molar-refractivity contribution is -0.00545. The van der Waals surface area contributed by atoms with Crippen LogP contribution in [0, 0.1) is 0 Å². The van der Waals surface area contributed by atoms with Crippen molar-refractivity contribution in [3.05, 3.63) is 72.2 Å². The molecule has 1 saturated heterocycles. The van der Waals surface area contributed by atoms with Gasteiger partial charge in [-0.15, -0.1) is 0 Å². The molecule has 0 bridgehead atoms. The number of amides is 1. The topological polar surface area (TPSA) is 85.8 Å². The Bertz CT molecular complexity index is 1080. The van der Waals surface area contributed by atoms with Crippen LogP contribution in [0.4, 0.5) is 11.5 Å². The summed E-state index contributed by atoms with van der Waals surface area (Å²) < 4.78 is 17.4. The Hall–Kier alpha value is -3.65. The fraction of sp³-hybridized carbons (Fsp3) is 0.346. The fourth-order valence-electron chi connectivity index (χ4n) is 3.89. The number of carbonyl (C=O) groups is 1. The first-order valence-electron chi connectivity index (χ1n) is 11.5. The third-order valence-electron chi connectivity index (χ3n) is 5.40. The minimum atomic E-state index is -0.246. The molecule has 0 radical (unpaired) electrons. The molecular weight excluding hydrogens is 432 g/mol. The normalized spacial score (nSPS) is 17.8. The van der Waals surface area contributed by atoms with Gasteiger partial charge in [0.15, 0.2) is 11.5 Å². The number of ether oxygens (including phenoxy) is 3. The van der Waals surface area contributed by atoms with Gasteiger partial charge in [-0.2, -0.15) is 0 Å². The van der Waals surface area contributed by atoms with Crippen LogP contribution < -0.4 is 19.7 Å². The van der Waals surface area contributed by atoms with Crippen molar-refractivity contribution in [2.75, 3.05) is 29.9 Å². The van der Waals surface area contributed by atoms with E-state index in [0.29, 0.717) is 36.0 Å². The second kappa shape index (κ2) is 11.0. The van der Waals surface area contributed by atoms with E-state index in [2.05, 4.69) is 34.0 Å². The van der Waals surface area contributed by atoms with E-state index < -0.39 is 0 Å². The lowest BCUT2D eigenvalue weighted by atomic mass is 10.2. The first-order valence-corrected chi connectivity index (χ1v) is 11.5. The lowest BCUT2D eigenvalue weighted by Crippen LogP contribution is -2.45. The molecule has 2 aromatic heterocycles. The van der Waals surface area contributed by atoms with Crippen molar-refractivity contribution < 1.29 is 19.0 Å². The summed E-state index contributed by atoms with van der Waals surface area (Å²) >= 11 is 0. The lowest BCUT2D eigenvalue weighted by Gasteiger charge is -2.36. The third-order valence-corrected chi connectivity index (χ3v) is 5.40. The monoisotopic (exact) mass is 462 g/mol. The highest BCUT2D eigenvalue weighted by Crippen LogP contribution is 2.30. The number of hydrogen-bond acceptors (Lipinski definition) is 7. The van der Waals surface area contributed by atoms with Crippen LogP contribution >= 0.6 is 0 Å². The van der Waals surface area contributed by atoms with E-state index >= 15 is 0 Å². The summed E-state index contributed by atoms with van der Waals surface area (Å²) in [6.07, 6.45) is 5.42. The molecule has 1 aliphatic rings. The van der Waals surface area contributed by atoms with Crippen molar-refractivity contribution in [2.45, 2.75) is 39.6 Å². The van der Waals surface area contributed by atoms with Crippen molar-refractivity contribution in [1.29, 1.82) is 0 Å². The van der Waals surface area contributed by atoms with Gasteiger partial charge in [-0.3, -0.25) is 9.78 Å². The van der Waals surface area contributed by atoms with E-state index in [9.17, 15) is 4.79 Å². The molecule has 1 amide bonds. The van der Waals surface area contributed by atoms with E-state index in [1.807, 2.05) is 31.2 Å². The number of pyridine rings is 2. The molecule has 34 heavy (non-hydrogen) atoms. The number of benzene rings is 1. The number of hydrogen-bond donors (Lipinski definition) is 1. The Balaban J connectivity index is 1.41. The molecule has 2 atom stereocenters. The van der Waals surface area contributed by atoms with E-state index in [0.717, 1.165) is 24.5 Å². The molecule has 0 aliphatic carbocycles. The Morgan fingerprint density at radius 3 is 2.50 bits per heavy atom. The van der Waals surface area contributed by atoms with Gasteiger partial charge in [-0.1, -0.05) is 0 Å². The van der Waals surface area contributed by atoms with Crippen LogP contribution in [0.1, 0.15) is 36.7 Å². The van der Waals surface area contributed by atoms with Gasteiger partial charge in [-0.25, -0.2) is 4.98 Å². The van der Waals surface area contributed by atoms with E-state index in [1.165, 1.54) is 0 Å². The van der Waals surface area contributed by atoms with Crippen LogP contribution in [0.5, 0.6) is 11.5 Å². The molecular formula is C26H30N4O4. The number of morpholine rings is 1. The minimum Gasteiger partial charge on any atom is -0.490 e. The maximum absolute atomic E-state index is 12.9. The number of aromatic nitrogens is 2. The van der Waals surface area contributed by atoms with Crippen molar-refractivity contribution in [1.82, 2.24) is 9.97 Å². The highest BCUT2D eigenvalue weighted by Gasteiger charge is 2.23. The SMILES string of the molecule is CCOc1cc(C(=O)Nc2ccc(N3CC(C)OC(C)C3)nc2)ccc1OCc1ccncc1. The number of nitrogens with zero attached hydrogens (tertiary/aromatic N) is 3. The molecule has 2 unspecified atom stereocenters. The molecule has 0 spiro atoms. The molecule has 1 aromatic carbocycles. The van der Waals surface area contributed by atoms with Crippen LogP contribution in [-0.2, 0) is 11.3 Å². The number of anilines is 2. The van der Waals surface area contributed by atoms with Crippen LogP contribution in [0.15, 0.2) is 61.1 Å². The van der Waals surface area contributed by atoms with Gasteiger partial charge in [0.25, 0.3) is 5.91 Å². The Kier molecular flexibility index (Phi) is 7.59.